The van der Waals surface area contributed by atoms with Crippen LogP contribution in [-0.4, -0.2) is 5.78 Å². The van der Waals surface area contributed by atoms with Gasteiger partial charge in [0.2, 0.25) is 0 Å². The third-order valence-corrected chi connectivity index (χ3v) is 3.88. The lowest BCUT2D eigenvalue weighted by molar-refractivity contribution is -0.112. The van der Waals surface area contributed by atoms with Gasteiger partial charge in [0.25, 0.3) is 0 Å². The third-order valence-electron chi connectivity index (χ3n) is 3.88. The van der Waals surface area contributed by atoms with Gasteiger partial charge in [0.15, 0.2) is 5.78 Å². The van der Waals surface area contributed by atoms with E-state index in [-0.39, 0.29) is 11.2 Å². The molecule has 0 aromatic heterocycles. The molecule has 1 aliphatic rings. The number of carbonyl (C=O) groups excluding carboxylic acids is 1. The monoisotopic (exact) mass is 206 g/mol. The first-order valence-corrected chi connectivity index (χ1v) is 5.71. The van der Waals surface area contributed by atoms with Crippen LogP contribution in [0, 0.1) is 17.3 Å². The maximum absolute atomic E-state index is 11.0. The fraction of sp³-hybridized carbons (Fsp3) is 0.643. The first-order chi connectivity index (χ1) is 6.85. The lowest BCUT2D eigenvalue weighted by atomic mass is 9.63. The summed E-state index contributed by atoms with van der Waals surface area (Å²) >= 11 is 0. The van der Waals surface area contributed by atoms with Gasteiger partial charge in [-0.15, -0.1) is 0 Å². The number of hydrogen-bond donors (Lipinski definition) is 0. The molecule has 0 bridgehead atoms. The maximum atomic E-state index is 11.0. The summed E-state index contributed by atoms with van der Waals surface area (Å²) in [4.78, 5) is 11.0. The molecule has 1 heteroatoms. The topological polar surface area (TPSA) is 17.1 Å². The number of hydrogen-bond acceptors (Lipinski definition) is 1. The standard InChI is InChI=1S/C14H22O/c1-10-6-7-11(2)14(4,5)13(10)9-8-12(3)15/h6,8-9,11,13H,7H2,1-5H3/b9-8+/t11-,13+/m0/s1. The summed E-state index contributed by atoms with van der Waals surface area (Å²) in [6, 6.07) is 0. The normalized spacial score (nSPS) is 30.3. The highest BCUT2D eigenvalue weighted by atomic mass is 16.1. The van der Waals surface area contributed by atoms with Crippen LogP contribution in [0.1, 0.15) is 41.0 Å². The third kappa shape index (κ3) is 2.58. The molecule has 0 aliphatic heterocycles. The van der Waals surface area contributed by atoms with E-state index in [2.05, 4.69) is 39.8 Å². The average molecular weight is 206 g/mol. The maximum Gasteiger partial charge on any atom is 0.152 e. The van der Waals surface area contributed by atoms with E-state index in [1.165, 1.54) is 5.57 Å². The van der Waals surface area contributed by atoms with Crippen molar-refractivity contribution in [1.82, 2.24) is 0 Å². The Morgan fingerprint density at radius 1 is 1.53 bits per heavy atom. The number of carbonyl (C=O) groups is 1. The zero-order chi connectivity index (χ0) is 11.6. The second-order valence-electron chi connectivity index (χ2n) is 5.35. The summed E-state index contributed by atoms with van der Waals surface area (Å²) < 4.78 is 0. The Bertz CT molecular complexity index is 307. The fourth-order valence-corrected chi connectivity index (χ4v) is 2.32. The minimum Gasteiger partial charge on any atom is -0.295 e. The van der Waals surface area contributed by atoms with Gasteiger partial charge < -0.3 is 0 Å². The molecule has 1 aliphatic carbocycles. The molecule has 84 valence electrons. The van der Waals surface area contributed by atoms with Crippen LogP contribution in [0.15, 0.2) is 23.8 Å². The Morgan fingerprint density at radius 2 is 2.13 bits per heavy atom. The van der Waals surface area contributed by atoms with Crippen LogP contribution in [0.5, 0.6) is 0 Å². The molecular weight excluding hydrogens is 184 g/mol. The van der Waals surface area contributed by atoms with Gasteiger partial charge in [0.1, 0.15) is 0 Å². The number of ketones is 1. The summed E-state index contributed by atoms with van der Waals surface area (Å²) in [5, 5.41) is 0. The lowest BCUT2D eigenvalue weighted by Gasteiger charge is -2.42. The highest BCUT2D eigenvalue weighted by Crippen LogP contribution is 2.45. The van der Waals surface area contributed by atoms with Crippen molar-refractivity contribution < 1.29 is 4.79 Å². The van der Waals surface area contributed by atoms with Gasteiger partial charge in [-0.25, -0.2) is 0 Å². The van der Waals surface area contributed by atoms with Crippen molar-refractivity contribution >= 4 is 5.78 Å². The van der Waals surface area contributed by atoms with Crippen molar-refractivity contribution in [3.63, 3.8) is 0 Å². The van der Waals surface area contributed by atoms with Crippen molar-refractivity contribution in [1.29, 1.82) is 0 Å². The van der Waals surface area contributed by atoms with E-state index < -0.39 is 0 Å². The quantitative estimate of drug-likeness (QED) is 0.496. The molecule has 1 nitrogen and oxygen atoms in total. The van der Waals surface area contributed by atoms with Gasteiger partial charge in [-0.3, -0.25) is 4.79 Å². The second-order valence-corrected chi connectivity index (χ2v) is 5.35. The molecule has 0 unspecified atom stereocenters. The molecule has 0 saturated heterocycles. The van der Waals surface area contributed by atoms with E-state index in [4.69, 9.17) is 0 Å². The molecule has 0 aromatic rings. The highest BCUT2D eigenvalue weighted by molar-refractivity contribution is 5.87. The van der Waals surface area contributed by atoms with Crippen molar-refractivity contribution in [3.8, 4) is 0 Å². The molecule has 0 radical (unpaired) electrons. The van der Waals surface area contributed by atoms with Crippen LogP contribution in [0.25, 0.3) is 0 Å². The van der Waals surface area contributed by atoms with E-state index in [9.17, 15) is 4.79 Å². The van der Waals surface area contributed by atoms with E-state index in [0.29, 0.717) is 11.8 Å². The fourth-order valence-electron chi connectivity index (χ4n) is 2.32. The smallest absolute Gasteiger partial charge is 0.152 e. The Kier molecular flexibility index (Phi) is 3.54. The Balaban J connectivity index is 2.96. The van der Waals surface area contributed by atoms with Crippen LogP contribution < -0.4 is 0 Å². The molecule has 2 atom stereocenters. The van der Waals surface area contributed by atoms with Crippen LogP contribution >= 0.6 is 0 Å². The van der Waals surface area contributed by atoms with Gasteiger partial charge in [-0.2, -0.15) is 0 Å². The summed E-state index contributed by atoms with van der Waals surface area (Å²) in [7, 11) is 0. The lowest BCUT2D eigenvalue weighted by Crippen LogP contribution is -2.33. The van der Waals surface area contributed by atoms with E-state index in [1.807, 2.05) is 0 Å². The molecule has 15 heavy (non-hydrogen) atoms. The summed E-state index contributed by atoms with van der Waals surface area (Å²) in [5.41, 5.74) is 1.65. The SMILES string of the molecule is CC(=O)/C=C/[C@@H]1C(C)=CC[C@H](C)C1(C)C. The first kappa shape index (κ1) is 12.2. The van der Waals surface area contributed by atoms with Crippen molar-refractivity contribution in [2.24, 2.45) is 17.3 Å². The Hall–Kier alpha value is -0.850. The number of allylic oxidation sites excluding steroid dienone is 4. The molecule has 0 amide bonds. The van der Waals surface area contributed by atoms with Gasteiger partial charge in [0, 0.05) is 5.92 Å². The average Bonchev–Trinajstić information content (AvgIpc) is 2.11. The van der Waals surface area contributed by atoms with E-state index in [1.54, 1.807) is 13.0 Å². The van der Waals surface area contributed by atoms with Crippen LogP contribution in [-0.2, 0) is 4.79 Å². The Labute approximate surface area is 93.3 Å². The zero-order valence-electron chi connectivity index (χ0n) is 10.5. The molecule has 0 heterocycles. The highest BCUT2D eigenvalue weighted by Gasteiger charge is 2.36. The largest absolute Gasteiger partial charge is 0.295 e. The minimum absolute atomic E-state index is 0.136. The summed E-state index contributed by atoms with van der Waals surface area (Å²) in [5.74, 6) is 1.21. The van der Waals surface area contributed by atoms with Gasteiger partial charge in [-0.1, -0.05) is 38.5 Å². The van der Waals surface area contributed by atoms with Gasteiger partial charge in [0.05, 0.1) is 0 Å². The zero-order valence-corrected chi connectivity index (χ0v) is 10.5. The van der Waals surface area contributed by atoms with Crippen LogP contribution in [0.2, 0.25) is 0 Å². The minimum atomic E-state index is 0.136. The van der Waals surface area contributed by atoms with E-state index >= 15 is 0 Å². The predicted molar refractivity (Wildman–Crippen MR) is 64.6 cm³/mol. The van der Waals surface area contributed by atoms with Gasteiger partial charge >= 0.3 is 0 Å². The molecule has 0 aromatic carbocycles. The summed E-state index contributed by atoms with van der Waals surface area (Å²) in [6.45, 7) is 10.7. The molecule has 1 rings (SSSR count). The van der Waals surface area contributed by atoms with Crippen molar-refractivity contribution in [3.05, 3.63) is 23.8 Å². The molecule has 0 saturated carbocycles. The molecule has 0 spiro atoms. The molecular formula is C14H22O. The Morgan fingerprint density at radius 3 is 2.67 bits per heavy atom. The first-order valence-electron chi connectivity index (χ1n) is 5.71. The predicted octanol–water partition coefficient (Wildman–Crippen LogP) is 3.76. The summed E-state index contributed by atoms with van der Waals surface area (Å²) in [6.07, 6.45) is 7.25. The van der Waals surface area contributed by atoms with Crippen LogP contribution in [0.3, 0.4) is 0 Å². The molecule has 0 N–H and O–H groups in total. The second kappa shape index (κ2) is 4.34. The van der Waals surface area contributed by atoms with Crippen LogP contribution in [0.4, 0.5) is 0 Å². The van der Waals surface area contributed by atoms with E-state index in [0.717, 1.165) is 6.42 Å². The molecule has 0 fully saturated rings. The van der Waals surface area contributed by atoms with Gasteiger partial charge in [-0.05, 0) is 37.7 Å². The van der Waals surface area contributed by atoms with Crippen molar-refractivity contribution in [2.75, 3.05) is 0 Å². The number of rotatable bonds is 2. The van der Waals surface area contributed by atoms with Crippen molar-refractivity contribution in [2.45, 2.75) is 41.0 Å².